The number of rotatable bonds is 1. The lowest BCUT2D eigenvalue weighted by Crippen LogP contribution is -2.32. The molecular weight excluding hydrogens is 197 g/mol. The Morgan fingerprint density at radius 3 is 2.50 bits per heavy atom. The van der Waals surface area contributed by atoms with Crippen molar-refractivity contribution in [2.45, 2.75) is 19.1 Å². The minimum Gasteiger partial charge on any atom is -0.377 e. The van der Waals surface area contributed by atoms with Crippen LogP contribution in [0.2, 0.25) is 0 Å². The van der Waals surface area contributed by atoms with E-state index >= 15 is 0 Å². The highest BCUT2D eigenvalue weighted by Crippen LogP contribution is 2.30. The van der Waals surface area contributed by atoms with E-state index in [0.717, 1.165) is 6.07 Å². The molecule has 0 spiro atoms. The summed E-state index contributed by atoms with van der Waals surface area (Å²) < 4.78 is 43.1. The first-order chi connectivity index (χ1) is 6.48. The summed E-state index contributed by atoms with van der Waals surface area (Å²) >= 11 is 0. The van der Waals surface area contributed by atoms with E-state index in [9.17, 15) is 13.2 Å². The van der Waals surface area contributed by atoms with Gasteiger partial charge >= 0.3 is 6.18 Å². The minimum atomic E-state index is -4.36. The molecule has 1 aromatic heterocycles. The highest BCUT2D eigenvalue weighted by molar-refractivity contribution is 5.12. The van der Waals surface area contributed by atoms with Crippen molar-refractivity contribution >= 4 is 0 Å². The maximum Gasteiger partial charge on any atom is 0.435 e. The predicted octanol–water partition coefficient (Wildman–Crippen LogP) is 1.78. The number of nitrogens with zero attached hydrogens (tertiary/aromatic N) is 2. The molecule has 1 aliphatic rings. The van der Waals surface area contributed by atoms with Gasteiger partial charge in [-0.05, 0) is 13.0 Å². The average molecular weight is 206 g/mol. The van der Waals surface area contributed by atoms with Crippen LogP contribution in [0.25, 0.3) is 0 Å². The molecule has 0 aromatic carbocycles. The van der Waals surface area contributed by atoms with Crippen LogP contribution in [-0.2, 0) is 10.9 Å². The van der Waals surface area contributed by atoms with Crippen LogP contribution in [0.5, 0.6) is 0 Å². The summed E-state index contributed by atoms with van der Waals surface area (Å²) in [5, 5.41) is 3.51. The molecule has 0 saturated carbocycles. The molecule has 0 N–H and O–H groups in total. The Kier molecular flexibility index (Phi) is 2.02. The van der Waals surface area contributed by atoms with Crippen molar-refractivity contribution in [2.24, 2.45) is 0 Å². The zero-order valence-electron chi connectivity index (χ0n) is 7.51. The maximum atomic E-state index is 12.3. The molecule has 0 radical (unpaired) electrons. The molecule has 1 fully saturated rings. The van der Waals surface area contributed by atoms with Crippen LogP contribution in [0, 0.1) is 6.92 Å². The van der Waals surface area contributed by atoms with E-state index < -0.39 is 11.9 Å². The number of aromatic nitrogens is 2. The Balaban J connectivity index is 2.29. The van der Waals surface area contributed by atoms with Crippen LogP contribution in [0.4, 0.5) is 13.2 Å². The standard InChI is InChI=1S/C8H9F3N2O/c1-5-2-7(8(9,10)11)12-13(5)6-3-14-4-6/h2,6H,3-4H2,1H3. The van der Waals surface area contributed by atoms with E-state index in [0.29, 0.717) is 18.9 Å². The minimum absolute atomic E-state index is 0.0360. The Labute approximate surface area is 78.5 Å². The SMILES string of the molecule is Cc1cc(C(F)(F)F)nn1C1COC1. The highest BCUT2D eigenvalue weighted by Gasteiger charge is 2.35. The molecule has 0 bridgehead atoms. The number of hydrogen-bond acceptors (Lipinski definition) is 2. The van der Waals surface area contributed by atoms with Gasteiger partial charge in [0.15, 0.2) is 5.69 Å². The lowest BCUT2D eigenvalue weighted by atomic mass is 10.2. The monoisotopic (exact) mass is 206 g/mol. The number of hydrogen-bond donors (Lipinski definition) is 0. The van der Waals surface area contributed by atoms with Crippen molar-refractivity contribution in [1.29, 1.82) is 0 Å². The van der Waals surface area contributed by atoms with Crippen molar-refractivity contribution in [1.82, 2.24) is 9.78 Å². The molecule has 2 heterocycles. The van der Waals surface area contributed by atoms with Gasteiger partial charge in [-0.2, -0.15) is 18.3 Å². The van der Waals surface area contributed by atoms with Gasteiger partial charge in [0.1, 0.15) is 0 Å². The quantitative estimate of drug-likeness (QED) is 0.700. The molecule has 2 rings (SSSR count). The summed E-state index contributed by atoms with van der Waals surface area (Å²) in [4.78, 5) is 0. The number of alkyl halides is 3. The maximum absolute atomic E-state index is 12.3. The van der Waals surface area contributed by atoms with E-state index in [4.69, 9.17) is 4.74 Å². The van der Waals surface area contributed by atoms with Gasteiger partial charge < -0.3 is 4.74 Å². The fraction of sp³-hybridized carbons (Fsp3) is 0.625. The third kappa shape index (κ3) is 1.50. The Hall–Kier alpha value is -1.04. The first-order valence-electron chi connectivity index (χ1n) is 4.19. The van der Waals surface area contributed by atoms with E-state index in [1.165, 1.54) is 4.68 Å². The predicted molar refractivity (Wildman–Crippen MR) is 41.8 cm³/mol. The number of halogens is 3. The van der Waals surface area contributed by atoms with Crippen LogP contribution >= 0.6 is 0 Å². The smallest absolute Gasteiger partial charge is 0.377 e. The van der Waals surface area contributed by atoms with Crippen LogP contribution in [0.3, 0.4) is 0 Å². The molecule has 0 atom stereocenters. The topological polar surface area (TPSA) is 27.1 Å². The fourth-order valence-electron chi connectivity index (χ4n) is 1.36. The fourth-order valence-corrected chi connectivity index (χ4v) is 1.36. The first kappa shape index (κ1) is 9.51. The normalized spacial score (nSPS) is 18.3. The van der Waals surface area contributed by atoms with Crippen molar-refractivity contribution in [3.05, 3.63) is 17.5 Å². The van der Waals surface area contributed by atoms with Gasteiger partial charge in [0.2, 0.25) is 0 Å². The Morgan fingerprint density at radius 1 is 1.50 bits per heavy atom. The van der Waals surface area contributed by atoms with Gasteiger partial charge in [0.25, 0.3) is 0 Å². The zero-order chi connectivity index (χ0) is 10.3. The van der Waals surface area contributed by atoms with Crippen LogP contribution in [-0.4, -0.2) is 23.0 Å². The van der Waals surface area contributed by atoms with Gasteiger partial charge in [0, 0.05) is 5.69 Å². The first-order valence-corrected chi connectivity index (χ1v) is 4.19. The van der Waals surface area contributed by atoms with Crippen molar-refractivity contribution < 1.29 is 17.9 Å². The second-order valence-electron chi connectivity index (χ2n) is 3.30. The third-order valence-electron chi connectivity index (χ3n) is 2.18. The second kappa shape index (κ2) is 2.98. The van der Waals surface area contributed by atoms with E-state index in [1.807, 2.05) is 0 Å². The van der Waals surface area contributed by atoms with Crippen LogP contribution < -0.4 is 0 Å². The molecule has 0 amide bonds. The summed E-state index contributed by atoms with van der Waals surface area (Å²) in [5.74, 6) is 0. The lowest BCUT2D eigenvalue weighted by molar-refractivity contribution is -0.142. The van der Waals surface area contributed by atoms with Crippen molar-refractivity contribution in [2.75, 3.05) is 13.2 Å². The molecule has 3 nitrogen and oxygen atoms in total. The molecular formula is C8H9F3N2O. The second-order valence-corrected chi connectivity index (χ2v) is 3.30. The van der Waals surface area contributed by atoms with E-state index in [1.54, 1.807) is 6.92 Å². The van der Waals surface area contributed by atoms with Crippen molar-refractivity contribution in [3.8, 4) is 0 Å². The molecule has 1 aliphatic heterocycles. The summed E-state index contributed by atoms with van der Waals surface area (Å²) in [6.45, 7) is 2.50. The zero-order valence-corrected chi connectivity index (χ0v) is 7.51. The number of ether oxygens (including phenoxy) is 1. The third-order valence-corrected chi connectivity index (χ3v) is 2.18. The molecule has 78 valence electrons. The molecule has 6 heteroatoms. The molecule has 0 unspecified atom stereocenters. The van der Waals surface area contributed by atoms with E-state index in [-0.39, 0.29) is 6.04 Å². The van der Waals surface area contributed by atoms with Gasteiger partial charge in [-0.1, -0.05) is 0 Å². The van der Waals surface area contributed by atoms with Crippen LogP contribution in [0.1, 0.15) is 17.4 Å². The van der Waals surface area contributed by atoms with Crippen molar-refractivity contribution in [3.63, 3.8) is 0 Å². The largest absolute Gasteiger partial charge is 0.435 e. The Bertz CT molecular complexity index is 341. The lowest BCUT2D eigenvalue weighted by Gasteiger charge is -2.27. The summed E-state index contributed by atoms with van der Waals surface area (Å²) in [7, 11) is 0. The summed E-state index contributed by atoms with van der Waals surface area (Å²) in [6.07, 6.45) is -4.36. The van der Waals surface area contributed by atoms with E-state index in [2.05, 4.69) is 5.10 Å². The van der Waals surface area contributed by atoms with Gasteiger partial charge in [0.05, 0.1) is 19.3 Å². The molecule has 1 aromatic rings. The Morgan fingerprint density at radius 2 is 2.14 bits per heavy atom. The highest BCUT2D eigenvalue weighted by atomic mass is 19.4. The summed E-state index contributed by atoms with van der Waals surface area (Å²) in [5.41, 5.74) is -0.312. The molecule has 1 saturated heterocycles. The van der Waals surface area contributed by atoms with Gasteiger partial charge in [-0.15, -0.1) is 0 Å². The number of aryl methyl sites for hydroxylation is 1. The van der Waals surface area contributed by atoms with Gasteiger partial charge in [-0.3, -0.25) is 4.68 Å². The summed E-state index contributed by atoms with van der Waals surface area (Å²) in [6, 6.07) is 1.02. The molecule has 14 heavy (non-hydrogen) atoms. The average Bonchev–Trinajstić information content (AvgIpc) is 2.28. The van der Waals surface area contributed by atoms with Gasteiger partial charge in [-0.25, -0.2) is 0 Å². The molecule has 0 aliphatic carbocycles. The van der Waals surface area contributed by atoms with Crippen LogP contribution in [0.15, 0.2) is 6.07 Å².